The third-order valence-electron chi connectivity index (χ3n) is 3.97. The van der Waals surface area contributed by atoms with Crippen molar-refractivity contribution in [2.24, 2.45) is 0 Å². The molecule has 0 spiro atoms. The number of morpholine rings is 1. The maximum atomic E-state index is 8.95. The summed E-state index contributed by atoms with van der Waals surface area (Å²) in [5.74, 6) is 0. The molecular weight excluding hydrogens is 390 g/mol. The lowest BCUT2D eigenvalue weighted by molar-refractivity contribution is 0.122. The average Bonchev–Trinajstić information content (AvgIpc) is 2.61. The zero-order valence-electron chi connectivity index (χ0n) is 13.1. The Morgan fingerprint density at radius 2 is 2.00 bits per heavy atom. The summed E-state index contributed by atoms with van der Waals surface area (Å²) < 4.78 is 6.51. The summed E-state index contributed by atoms with van der Waals surface area (Å²) in [6, 6.07) is 13.8. The molecule has 124 valence electrons. The first-order valence-electron chi connectivity index (χ1n) is 7.72. The molecule has 3 rings (SSSR count). The van der Waals surface area contributed by atoms with Gasteiger partial charge in [-0.2, -0.15) is 5.26 Å². The van der Waals surface area contributed by atoms with E-state index in [1.165, 1.54) is 11.3 Å². The molecule has 0 aromatic heterocycles. The average molecular weight is 407 g/mol. The zero-order valence-corrected chi connectivity index (χ0v) is 15.4. The molecule has 1 aliphatic rings. The summed E-state index contributed by atoms with van der Waals surface area (Å²) in [4.78, 5) is 2.34. The molecule has 6 heteroatoms. The number of anilines is 2. The van der Waals surface area contributed by atoms with Crippen LogP contribution in [0.1, 0.15) is 11.1 Å². The van der Waals surface area contributed by atoms with Crippen molar-refractivity contribution in [3.63, 3.8) is 0 Å². The Kier molecular flexibility index (Phi) is 5.62. The molecule has 1 heterocycles. The molecule has 1 fully saturated rings. The second-order valence-electron chi connectivity index (χ2n) is 5.53. The minimum absolute atomic E-state index is 0.465. The molecule has 0 bridgehead atoms. The molecule has 4 nitrogen and oxygen atoms in total. The maximum absolute atomic E-state index is 8.95. The van der Waals surface area contributed by atoms with E-state index in [0.29, 0.717) is 17.1 Å². The predicted molar refractivity (Wildman–Crippen MR) is 101 cm³/mol. The lowest BCUT2D eigenvalue weighted by atomic mass is 10.1. The zero-order chi connectivity index (χ0) is 16.9. The van der Waals surface area contributed by atoms with Gasteiger partial charge in [-0.3, -0.25) is 0 Å². The minimum atomic E-state index is 0.465. The summed E-state index contributed by atoms with van der Waals surface area (Å²) in [5, 5.41) is 12.8. The lowest BCUT2D eigenvalue weighted by Gasteiger charge is -2.31. The fourth-order valence-corrected chi connectivity index (χ4v) is 3.27. The fraction of sp³-hybridized carbons (Fsp3) is 0.278. The van der Waals surface area contributed by atoms with E-state index in [4.69, 9.17) is 21.6 Å². The van der Waals surface area contributed by atoms with Gasteiger partial charge in [0.25, 0.3) is 0 Å². The number of nitrogens with zero attached hydrogens (tertiary/aromatic N) is 2. The van der Waals surface area contributed by atoms with Crippen molar-refractivity contribution in [3.8, 4) is 6.07 Å². The first-order valence-corrected chi connectivity index (χ1v) is 8.89. The SMILES string of the molecule is N#Cc1ccc(NCc2ccc(Br)cc2N2CCOCC2)cc1Cl. The molecule has 2 aromatic carbocycles. The Morgan fingerprint density at radius 1 is 1.21 bits per heavy atom. The maximum Gasteiger partial charge on any atom is 0.101 e. The number of hydrogen-bond acceptors (Lipinski definition) is 4. The van der Waals surface area contributed by atoms with E-state index in [9.17, 15) is 0 Å². The molecule has 1 saturated heterocycles. The second kappa shape index (κ2) is 7.89. The van der Waals surface area contributed by atoms with Crippen LogP contribution in [0.15, 0.2) is 40.9 Å². The van der Waals surface area contributed by atoms with Crippen LogP contribution >= 0.6 is 27.5 Å². The smallest absolute Gasteiger partial charge is 0.101 e. The van der Waals surface area contributed by atoms with E-state index in [1.807, 2.05) is 12.1 Å². The van der Waals surface area contributed by atoms with Gasteiger partial charge in [-0.25, -0.2) is 0 Å². The topological polar surface area (TPSA) is 48.3 Å². The molecule has 0 atom stereocenters. The van der Waals surface area contributed by atoms with Gasteiger partial charge in [0.15, 0.2) is 0 Å². The Labute approximate surface area is 155 Å². The van der Waals surface area contributed by atoms with Crippen LogP contribution in [0.25, 0.3) is 0 Å². The first kappa shape index (κ1) is 17.1. The molecule has 1 N–H and O–H groups in total. The Hall–Kier alpha value is -1.74. The number of nitriles is 1. The summed E-state index contributed by atoms with van der Waals surface area (Å²) >= 11 is 9.65. The third-order valence-corrected chi connectivity index (χ3v) is 4.78. The molecule has 2 aromatic rings. The van der Waals surface area contributed by atoms with E-state index in [-0.39, 0.29) is 0 Å². The Balaban J connectivity index is 1.77. The van der Waals surface area contributed by atoms with Crippen molar-refractivity contribution < 1.29 is 4.74 Å². The fourth-order valence-electron chi connectivity index (χ4n) is 2.70. The standard InChI is InChI=1S/C18H17BrClN3O/c19-15-3-1-14(18(9-15)23-5-7-24-8-6-23)12-22-16-4-2-13(11-21)17(20)10-16/h1-4,9-10,22H,5-8,12H2. The summed E-state index contributed by atoms with van der Waals surface area (Å²) in [5.41, 5.74) is 3.80. The van der Waals surface area contributed by atoms with E-state index in [2.05, 4.69) is 44.3 Å². The second-order valence-corrected chi connectivity index (χ2v) is 6.86. The normalized spacial score (nSPS) is 14.3. The summed E-state index contributed by atoms with van der Waals surface area (Å²) in [6.45, 7) is 3.98. The van der Waals surface area contributed by atoms with Gasteiger partial charge in [0.2, 0.25) is 0 Å². The van der Waals surface area contributed by atoms with Crippen molar-refractivity contribution in [1.29, 1.82) is 5.26 Å². The van der Waals surface area contributed by atoms with Gasteiger partial charge in [-0.1, -0.05) is 33.6 Å². The van der Waals surface area contributed by atoms with Crippen molar-refractivity contribution in [1.82, 2.24) is 0 Å². The number of benzene rings is 2. The molecular formula is C18H17BrClN3O. The highest BCUT2D eigenvalue weighted by atomic mass is 79.9. The van der Waals surface area contributed by atoms with Crippen LogP contribution in [0.2, 0.25) is 5.02 Å². The van der Waals surface area contributed by atoms with Gasteiger partial charge in [0.1, 0.15) is 6.07 Å². The van der Waals surface area contributed by atoms with Gasteiger partial charge in [-0.15, -0.1) is 0 Å². The molecule has 0 aliphatic carbocycles. The molecule has 0 amide bonds. The van der Waals surface area contributed by atoms with Crippen molar-refractivity contribution in [2.45, 2.75) is 6.54 Å². The number of halogens is 2. The largest absolute Gasteiger partial charge is 0.381 e. The van der Waals surface area contributed by atoms with Gasteiger partial charge in [-0.05, 0) is 35.9 Å². The predicted octanol–water partition coefficient (Wildman–Crippen LogP) is 4.42. The van der Waals surface area contributed by atoms with E-state index in [0.717, 1.165) is 36.5 Å². The van der Waals surface area contributed by atoms with E-state index >= 15 is 0 Å². The first-order chi connectivity index (χ1) is 11.7. The number of rotatable bonds is 4. The van der Waals surface area contributed by atoms with Crippen molar-refractivity contribution in [2.75, 3.05) is 36.5 Å². The Bertz CT molecular complexity index is 769. The van der Waals surface area contributed by atoms with Crippen LogP contribution in [-0.4, -0.2) is 26.3 Å². The highest BCUT2D eigenvalue weighted by molar-refractivity contribution is 9.10. The lowest BCUT2D eigenvalue weighted by Crippen LogP contribution is -2.36. The number of hydrogen-bond donors (Lipinski definition) is 1. The van der Waals surface area contributed by atoms with Crippen molar-refractivity contribution in [3.05, 3.63) is 57.0 Å². The van der Waals surface area contributed by atoms with Gasteiger partial charge >= 0.3 is 0 Å². The molecule has 1 aliphatic heterocycles. The Morgan fingerprint density at radius 3 is 2.71 bits per heavy atom. The van der Waals surface area contributed by atoms with Gasteiger partial charge in [0, 0.05) is 35.5 Å². The summed E-state index contributed by atoms with van der Waals surface area (Å²) in [6.07, 6.45) is 0. The van der Waals surface area contributed by atoms with E-state index in [1.54, 1.807) is 12.1 Å². The van der Waals surface area contributed by atoms with Gasteiger partial charge < -0.3 is 15.0 Å². The summed E-state index contributed by atoms with van der Waals surface area (Å²) in [7, 11) is 0. The third kappa shape index (κ3) is 4.02. The monoisotopic (exact) mass is 405 g/mol. The molecule has 0 saturated carbocycles. The van der Waals surface area contributed by atoms with Crippen LogP contribution in [0, 0.1) is 11.3 Å². The van der Waals surface area contributed by atoms with Crippen LogP contribution in [0.3, 0.4) is 0 Å². The van der Waals surface area contributed by atoms with Crippen molar-refractivity contribution >= 4 is 38.9 Å². The molecule has 0 radical (unpaired) electrons. The van der Waals surface area contributed by atoms with Gasteiger partial charge in [0.05, 0.1) is 23.8 Å². The number of ether oxygens (including phenoxy) is 1. The minimum Gasteiger partial charge on any atom is -0.381 e. The molecule has 24 heavy (non-hydrogen) atoms. The van der Waals surface area contributed by atoms with Crippen LogP contribution in [-0.2, 0) is 11.3 Å². The number of nitrogens with one attached hydrogen (secondary N) is 1. The highest BCUT2D eigenvalue weighted by Gasteiger charge is 2.15. The highest BCUT2D eigenvalue weighted by Crippen LogP contribution is 2.27. The van der Waals surface area contributed by atoms with Crippen LogP contribution in [0.5, 0.6) is 0 Å². The van der Waals surface area contributed by atoms with E-state index < -0.39 is 0 Å². The van der Waals surface area contributed by atoms with Crippen LogP contribution < -0.4 is 10.2 Å². The molecule has 0 unspecified atom stereocenters. The quantitative estimate of drug-likeness (QED) is 0.816. The van der Waals surface area contributed by atoms with Crippen LogP contribution in [0.4, 0.5) is 11.4 Å².